The molecule has 1 heterocycles. The molecule has 0 saturated carbocycles. The molecule has 1 aliphatic heterocycles. The van der Waals surface area contributed by atoms with E-state index in [1.807, 2.05) is 23.5 Å². The first-order valence-electron chi connectivity index (χ1n) is 5.55. The third-order valence-corrected chi connectivity index (χ3v) is 5.72. The van der Waals surface area contributed by atoms with Gasteiger partial charge in [-0.25, -0.2) is 8.78 Å². The highest BCUT2D eigenvalue weighted by atomic mass is 32.2. The first-order chi connectivity index (χ1) is 8.16. The molecule has 2 atom stereocenters. The number of thioether (sulfide) groups is 2. The highest BCUT2D eigenvalue weighted by Gasteiger charge is 2.21. The topological polar surface area (TPSA) is 26.0 Å². The predicted octanol–water partition coefficient (Wildman–Crippen LogP) is 2.68. The Balaban J connectivity index is 1.96. The fourth-order valence-corrected chi connectivity index (χ4v) is 4.65. The van der Waals surface area contributed by atoms with Crippen LogP contribution in [0.3, 0.4) is 0 Å². The Morgan fingerprint density at radius 3 is 2.76 bits per heavy atom. The highest BCUT2D eigenvalue weighted by Crippen LogP contribution is 2.27. The zero-order chi connectivity index (χ0) is 12.3. The van der Waals surface area contributed by atoms with Crippen LogP contribution in [0.15, 0.2) is 18.2 Å². The Labute approximate surface area is 109 Å². The Morgan fingerprint density at radius 1 is 1.29 bits per heavy atom. The van der Waals surface area contributed by atoms with Crippen molar-refractivity contribution in [3.05, 3.63) is 35.4 Å². The van der Waals surface area contributed by atoms with Gasteiger partial charge in [0, 0.05) is 28.6 Å². The lowest BCUT2D eigenvalue weighted by Gasteiger charge is -2.26. The molecule has 2 unspecified atom stereocenters. The van der Waals surface area contributed by atoms with E-state index in [9.17, 15) is 8.78 Å². The summed E-state index contributed by atoms with van der Waals surface area (Å²) >= 11 is 3.80. The van der Waals surface area contributed by atoms with Crippen LogP contribution in [-0.4, -0.2) is 28.6 Å². The van der Waals surface area contributed by atoms with Crippen molar-refractivity contribution in [1.29, 1.82) is 0 Å². The van der Waals surface area contributed by atoms with Gasteiger partial charge in [-0.1, -0.05) is 6.07 Å². The van der Waals surface area contributed by atoms with Crippen molar-refractivity contribution in [1.82, 2.24) is 0 Å². The van der Waals surface area contributed by atoms with Crippen LogP contribution in [0, 0.1) is 11.6 Å². The van der Waals surface area contributed by atoms with Crippen LogP contribution in [0.1, 0.15) is 5.56 Å². The van der Waals surface area contributed by atoms with Gasteiger partial charge >= 0.3 is 0 Å². The van der Waals surface area contributed by atoms with Gasteiger partial charge in [-0.05, 0) is 24.1 Å². The molecule has 1 nitrogen and oxygen atoms in total. The Morgan fingerprint density at radius 2 is 2.12 bits per heavy atom. The van der Waals surface area contributed by atoms with Gasteiger partial charge in [0.2, 0.25) is 0 Å². The molecule has 0 aliphatic carbocycles. The Bertz CT molecular complexity index is 381. The fraction of sp³-hybridized carbons (Fsp3) is 0.500. The summed E-state index contributed by atoms with van der Waals surface area (Å²) in [7, 11) is 0. The lowest BCUT2D eigenvalue weighted by atomic mass is 10.0. The quantitative estimate of drug-likeness (QED) is 0.918. The minimum Gasteiger partial charge on any atom is -0.326 e. The van der Waals surface area contributed by atoms with E-state index in [4.69, 9.17) is 5.73 Å². The van der Waals surface area contributed by atoms with E-state index in [0.717, 1.165) is 17.1 Å². The second-order valence-corrected chi connectivity index (χ2v) is 6.60. The second-order valence-electron chi connectivity index (χ2n) is 4.10. The lowest BCUT2D eigenvalue weighted by molar-refractivity contribution is 0.506. The van der Waals surface area contributed by atoms with Gasteiger partial charge in [-0.3, -0.25) is 0 Å². The molecule has 0 spiro atoms. The van der Waals surface area contributed by atoms with E-state index in [1.54, 1.807) is 6.07 Å². The molecule has 2 rings (SSSR count). The van der Waals surface area contributed by atoms with E-state index >= 15 is 0 Å². The van der Waals surface area contributed by atoms with Crippen molar-refractivity contribution in [2.75, 3.05) is 17.3 Å². The third-order valence-electron chi connectivity index (χ3n) is 2.77. The summed E-state index contributed by atoms with van der Waals surface area (Å²) in [5.41, 5.74) is 6.89. The molecule has 1 aromatic carbocycles. The zero-order valence-corrected chi connectivity index (χ0v) is 11.0. The van der Waals surface area contributed by atoms with Crippen molar-refractivity contribution in [3.63, 3.8) is 0 Å². The smallest absolute Gasteiger partial charge is 0.159 e. The molecule has 5 heteroatoms. The van der Waals surface area contributed by atoms with Crippen molar-refractivity contribution in [2.24, 2.45) is 5.73 Å². The van der Waals surface area contributed by atoms with Crippen LogP contribution in [0.4, 0.5) is 8.78 Å². The molecule has 94 valence electrons. The largest absolute Gasteiger partial charge is 0.326 e. The number of halogens is 2. The molecule has 2 N–H and O–H groups in total. The minimum absolute atomic E-state index is 0.0117. The molecule has 0 radical (unpaired) electrons. The van der Waals surface area contributed by atoms with Crippen molar-refractivity contribution in [2.45, 2.75) is 17.7 Å². The van der Waals surface area contributed by atoms with Crippen LogP contribution >= 0.6 is 23.5 Å². The number of rotatable bonds is 3. The van der Waals surface area contributed by atoms with Gasteiger partial charge in [0.1, 0.15) is 0 Å². The Kier molecular flexibility index (Phi) is 4.70. The summed E-state index contributed by atoms with van der Waals surface area (Å²) in [6.07, 6.45) is 0.607. The van der Waals surface area contributed by atoms with Crippen molar-refractivity contribution < 1.29 is 8.78 Å². The van der Waals surface area contributed by atoms with E-state index in [2.05, 4.69) is 0 Å². The molecule has 1 aromatic rings. The Hall–Kier alpha value is -0.260. The molecule has 17 heavy (non-hydrogen) atoms. The molecular formula is C12H15F2NS2. The van der Waals surface area contributed by atoms with E-state index < -0.39 is 11.6 Å². The van der Waals surface area contributed by atoms with E-state index in [-0.39, 0.29) is 6.04 Å². The first-order valence-corrected chi connectivity index (χ1v) is 7.76. The normalized spacial score (nSPS) is 22.4. The zero-order valence-electron chi connectivity index (χ0n) is 9.36. The standard InChI is InChI=1S/C12H15F2NS2/c13-9-2-1-8(5-10(9)14)6-11(15)12-7-16-3-4-17-12/h1-2,5,11-12H,3-4,6-7,15H2. The summed E-state index contributed by atoms with van der Waals surface area (Å²) in [6.45, 7) is 0. The maximum absolute atomic E-state index is 13.0. The van der Waals surface area contributed by atoms with Gasteiger partial charge in [0.05, 0.1) is 0 Å². The average Bonchev–Trinajstić information content (AvgIpc) is 2.35. The van der Waals surface area contributed by atoms with Gasteiger partial charge in [-0.15, -0.1) is 0 Å². The van der Waals surface area contributed by atoms with Crippen LogP contribution < -0.4 is 5.73 Å². The minimum atomic E-state index is -0.801. The summed E-state index contributed by atoms with van der Waals surface area (Å²) in [4.78, 5) is 0. The van der Waals surface area contributed by atoms with Gasteiger partial charge < -0.3 is 5.73 Å². The van der Waals surface area contributed by atoms with Crippen molar-refractivity contribution >= 4 is 23.5 Å². The molecular weight excluding hydrogens is 260 g/mol. The van der Waals surface area contributed by atoms with Crippen LogP contribution in [0.25, 0.3) is 0 Å². The third kappa shape index (κ3) is 3.60. The SMILES string of the molecule is NC(Cc1ccc(F)c(F)c1)C1CSCCS1. The molecule has 0 aromatic heterocycles. The summed E-state index contributed by atoms with van der Waals surface area (Å²) < 4.78 is 25.8. The summed E-state index contributed by atoms with van der Waals surface area (Å²) in [6, 6.07) is 4.03. The van der Waals surface area contributed by atoms with E-state index in [0.29, 0.717) is 11.7 Å². The maximum atomic E-state index is 13.0. The van der Waals surface area contributed by atoms with Gasteiger partial charge in [-0.2, -0.15) is 23.5 Å². The monoisotopic (exact) mass is 275 g/mol. The van der Waals surface area contributed by atoms with Crippen LogP contribution in [0.2, 0.25) is 0 Å². The molecule has 0 amide bonds. The number of hydrogen-bond donors (Lipinski definition) is 1. The lowest BCUT2D eigenvalue weighted by Crippen LogP contribution is -2.38. The summed E-state index contributed by atoms with van der Waals surface area (Å²) in [5.74, 6) is 1.76. The highest BCUT2D eigenvalue weighted by molar-refractivity contribution is 8.06. The maximum Gasteiger partial charge on any atom is 0.159 e. The number of nitrogens with two attached hydrogens (primary N) is 1. The van der Waals surface area contributed by atoms with E-state index in [1.165, 1.54) is 17.9 Å². The van der Waals surface area contributed by atoms with Crippen molar-refractivity contribution in [3.8, 4) is 0 Å². The molecule has 1 aliphatic rings. The van der Waals surface area contributed by atoms with Crippen LogP contribution in [-0.2, 0) is 6.42 Å². The molecule has 1 fully saturated rings. The first kappa shape index (κ1) is 13.2. The molecule has 0 bridgehead atoms. The van der Waals surface area contributed by atoms with Gasteiger partial charge in [0.15, 0.2) is 11.6 Å². The summed E-state index contributed by atoms with van der Waals surface area (Å²) in [5, 5.41) is 0.418. The number of benzene rings is 1. The predicted molar refractivity (Wildman–Crippen MR) is 71.6 cm³/mol. The van der Waals surface area contributed by atoms with Gasteiger partial charge in [0.25, 0.3) is 0 Å². The average molecular weight is 275 g/mol. The second kappa shape index (κ2) is 6.07. The fourth-order valence-electron chi connectivity index (χ4n) is 1.82. The van der Waals surface area contributed by atoms with Crippen LogP contribution in [0.5, 0.6) is 0 Å². The molecule has 1 saturated heterocycles. The number of hydrogen-bond acceptors (Lipinski definition) is 3.